The van der Waals surface area contributed by atoms with Gasteiger partial charge in [-0.3, -0.25) is 9.48 Å². The van der Waals surface area contributed by atoms with Crippen LogP contribution in [0.1, 0.15) is 29.8 Å². The Bertz CT molecular complexity index is 446. The van der Waals surface area contributed by atoms with Crippen molar-refractivity contribution in [2.24, 2.45) is 0 Å². The number of hydrogen-bond acceptors (Lipinski definition) is 3. The maximum Gasteiger partial charge on any atom is 0.243 e. The summed E-state index contributed by atoms with van der Waals surface area (Å²) in [7, 11) is 3.53. The van der Waals surface area contributed by atoms with Crippen molar-refractivity contribution in [3.63, 3.8) is 0 Å². The summed E-state index contributed by atoms with van der Waals surface area (Å²) in [6.45, 7) is 5.22. The van der Waals surface area contributed by atoms with E-state index in [1.54, 1.807) is 19.0 Å². The molecular weight excluding hydrogens is 228 g/mol. The highest BCUT2D eigenvalue weighted by atomic mass is 16.2. The van der Waals surface area contributed by atoms with Gasteiger partial charge in [0.1, 0.15) is 6.54 Å². The van der Waals surface area contributed by atoms with Gasteiger partial charge in [0.05, 0.1) is 5.69 Å². The number of rotatable bonds is 5. The van der Waals surface area contributed by atoms with Gasteiger partial charge in [-0.1, -0.05) is 0 Å². The van der Waals surface area contributed by atoms with Gasteiger partial charge in [0.25, 0.3) is 0 Å². The summed E-state index contributed by atoms with van der Waals surface area (Å²) in [5.41, 5.74) is 3.34. The molecule has 0 unspecified atom stereocenters. The van der Waals surface area contributed by atoms with Crippen molar-refractivity contribution in [3.8, 4) is 0 Å². The van der Waals surface area contributed by atoms with Gasteiger partial charge in [-0.25, -0.2) is 0 Å². The van der Waals surface area contributed by atoms with Gasteiger partial charge in [-0.15, -0.1) is 0 Å². The smallest absolute Gasteiger partial charge is 0.243 e. The van der Waals surface area contributed by atoms with Crippen LogP contribution in [0, 0.1) is 13.8 Å². The summed E-state index contributed by atoms with van der Waals surface area (Å²) in [6.07, 6.45) is 2.57. The monoisotopic (exact) mass is 250 g/mol. The normalized spacial score (nSPS) is 14.9. The predicted molar refractivity (Wildman–Crippen MR) is 70.3 cm³/mol. The van der Waals surface area contributed by atoms with E-state index in [2.05, 4.69) is 10.4 Å². The highest BCUT2D eigenvalue weighted by Gasteiger charge is 2.22. The molecular formula is C13H22N4O. The quantitative estimate of drug-likeness (QED) is 0.842. The van der Waals surface area contributed by atoms with Gasteiger partial charge in [-0.2, -0.15) is 5.10 Å². The zero-order chi connectivity index (χ0) is 13.3. The molecule has 5 heteroatoms. The van der Waals surface area contributed by atoms with E-state index in [0.717, 1.165) is 17.9 Å². The van der Waals surface area contributed by atoms with Crippen LogP contribution in [0.5, 0.6) is 0 Å². The number of hydrogen-bond donors (Lipinski definition) is 1. The van der Waals surface area contributed by atoms with Crippen LogP contribution in [0.4, 0.5) is 0 Å². The van der Waals surface area contributed by atoms with Crippen LogP contribution in [-0.4, -0.2) is 40.7 Å². The van der Waals surface area contributed by atoms with Gasteiger partial charge in [0.15, 0.2) is 0 Å². The molecule has 1 aromatic heterocycles. The fraction of sp³-hybridized carbons (Fsp3) is 0.692. The molecule has 1 N–H and O–H groups in total. The predicted octanol–water partition coefficient (Wildman–Crippen LogP) is 0.840. The topological polar surface area (TPSA) is 50.2 Å². The second-order valence-corrected chi connectivity index (χ2v) is 5.25. The number of nitrogens with one attached hydrogen (secondary N) is 1. The third kappa shape index (κ3) is 2.90. The van der Waals surface area contributed by atoms with Crippen molar-refractivity contribution >= 4 is 5.91 Å². The van der Waals surface area contributed by atoms with Crippen molar-refractivity contribution in [1.29, 1.82) is 0 Å². The Hall–Kier alpha value is -1.36. The summed E-state index contributed by atoms with van der Waals surface area (Å²) in [6, 6.07) is 0.690. The van der Waals surface area contributed by atoms with Gasteiger partial charge in [-0.05, 0) is 26.7 Å². The van der Waals surface area contributed by atoms with E-state index in [9.17, 15) is 4.79 Å². The molecule has 1 amide bonds. The number of aryl methyl sites for hydroxylation is 1. The molecule has 0 aliphatic heterocycles. The van der Waals surface area contributed by atoms with Crippen LogP contribution in [-0.2, 0) is 17.9 Å². The third-order valence-corrected chi connectivity index (χ3v) is 3.46. The summed E-state index contributed by atoms with van der Waals surface area (Å²) < 4.78 is 1.81. The van der Waals surface area contributed by atoms with Crippen molar-refractivity contribution in [2.45, 2.75) is 45.8 Å². The Balaban J connectivity index is 2.06. The number of carbonyl (C=O) groups is 1. The molecule has 0 saturated heterocycles. The molecule has 18 heavy (non-hydrogen) atoms. The van der Waals surface area contributed by atoms with Crippen molar-refractivity contribution in [3.05, 3.63) is 17.0 Å². The van der Waals surface area contributed by atoms with Gasteiger partial charge in [0.2, 0.25) is 5.91 Å². The largest absolute Gasteiger partial charge is 0.347 e. The standard InChI is InChI=1S/C13H22N4O/c1-9-12(7-14-11-5-6-11)10(2)17(15-9)8-13(18)16(3)4/h11,14H,5-8H2,1-4H3. The molecule has 100 valence electrons. The molecule has 2 rings (SSSR count). The average molecular weight is 250 g/mol. The molecule has 0 aromatic carbocycles. The van der Waals surface area contributed by atoms with Crippen molar-refractivity contribution in [2.75, 3.05) is 14.1 Å². The SMILES string of the molecule is Cc1nn(CC(=O)N(C)C)c(C)c1CNC1CC1. The highest BCUT2D eigenvalue weighted by molar-refractivity contribution is 5.75. The first kappa shape index (κ1) is 13.1. The lowest BCUT2D eigenvalue weighted by atomic mass is 10.2. The minimum Gasteiger partial charge on any atom is -0.347 e. The lowest BCUT2D eigenvalue weighted by molar-refractivity contribution is -0.129. The number of amides is 1. The zero-order valence-electron chi connectivity index (χ0n) is 11.7. The molecule has 1 aliphatic rings. The highest BCUT2D eigenvalue weighted by Crippen LogP contribution is 2.21. The Labute approximate surface area is 108 Å². The number of likely N-dealkylation sites (N-methyl/N-ethyl adjacent to an activating group) is 1. The maximum absolute atomic E-state index is 11.7. The summed E-state index contributed by atoms with van der Waals surface area (Å²) in [5, 5.41) is 7.96. The van der Waals surface area contributed by atoms with Gasteiger partial charge < -0.3 is 10.2 Å². The van der Waals surface area contributed by atoms with Crippen LogP contribution in [0.2, 0.25) is 0 Å². The molecule has 0 atom stereocenters. The molecule has 1 fully saturated rings. The number of nitrogens with zero attached hydrogens (tertiary/aromatic N) is 3. The van der Waals surface area contributed by atoms with Crippen LogP contribution in [0.15, 0.2) is 0 Å². The lowest BCUT2D eigenvalue weighted by Gasteiger charge is -2.11. The summed E-state index contributed by atoms with van der Waals surface area (Å²) >= 11 is 0. The third-order valence-electron chi connectivity index (χ3n) is 3.46. The summed E-state index contributed by atoms with van der Waals surface area (Å²) in [5.74, 6) is 0.0716. The molecule has 1 aliphatic carbocycles. The van der Waals surface area contributed by atoms with Crippen LogP contribution >= 0.6 is 0 Å². The first-order valence-electron chi connectivity index (χ1n) is 6.45. The lowest BCUT2D eigenvalue weighted by Crippen LogP contribution is -2.27. The van der Waals surface area contributed by atoms with E-state index >= 15 is 0 Å². The van der Waals surface area contributed by atoms with Crippen molar-refractivity contribution in [1.82, 2.24) is 20.0 Å². The van der Waals surface area contributed by atoms with Gasteiger partial charge in [0, 0.05) is 37.9 Å². The van der Waals surface area contributed by atoms with Crippen LogP contribution < -0.4 is 5.32 Å². The Kier molecular flexibility index (Phi) is 3.71. The molecule has 0 spiro atoms. The second kappa shape index (κ2) is 5.10. The number of aromatic nitrogens is 2. The van der Waals surface area contributed by atoms with E-state index < -0.39 is 0 Å². The fourth-order valence-electron chi connectivity index (χ4n) is 1.95. The molecule has 1 heterocycles. The Morgan fingerprint density at radius 1 is 1.44 bits per heavy atom. The second-order valence-electron chi connectivity index (χ2n) is 5.25. The van der Waals surface area contributed by atoms with E-state index in [1.807, 2.05) is 18.5 Å². The molecule has 5 nitrogen and oxygen atoms in total. The van der Waals surface area contributed by atoms with E-state index in [0.29, 0.717) is 12.6 Å². The Morgan fingerprint density at radius 2 is 2.11 bits per heavy atom. The van der Waals surface area contributed by atoms with E-state index in [-0.39, 0.29) is 5.91 Å². The Morgan fingerprint density at radius 3 is 2.67 bits per heavy atom. The first-order valence-corrected chi connectivity index (χ1v) is 6.45. The minimum absolute atomic E-state index is 0.0716. The minimum atomic E-state index is 0.0716. The van der Waals surface area contributed by atoms with Crippen molar-refractivity contribution < 1.29 is 4.79 Å². The zero-order valence-corrected chi connectivity index (χ0v) is 11.7. The van der Waals surface area contributed by atoms with Crippen LogP contribution in [0.25, 0.3) is 0 Å². The number of carbonyl (C=O) groups excluding carboxylic acids is 1. The van der Waals surface area contributed by atoms with Gasteiger partial charge >= 0.3 is 0 Å². The van der Waals surface area contributed by atoms with E-state index in [4.69, 9.17) is 0 Å². The fourth-order valence-corrected chi connectivity index (χ4v) is 1.95. The molecule has 0 radical (unpaired) electrons. The average Bonchev–Trinajstić information content (AvgIpc) is 3.07. The maximum atomic E-state index is 11.7. The molecule has 0 bridgehead atoms. The molecule has 1 saturated carbocycles. The van der Waals surface area contributed by atoms with E-state index in [1.165, 1.54) is 18.4 Å². The van der Waals surface area contributed by atoms with Crippen LogP contribution in [0.3, 0.4) is 0 Å². The molecule has 1 aromatic rings. The first-order chi connectivity index (χ1) is 8.49. The summed E-state index contributed by atoms with van der Waals surface area (Å²) in [4.78, 5) is 13.3.